The molecule has 0 bridgehead atoms. The number of phenolic OH excluding ortho intramolecular Hbond substituents is 2. The molecule has 6 rings (SSSR count). The fraction of sp³-hybridized carbons (Fsp3) is 0.103. The topological polar surface area (TPSA) is 116 Å². The van der Waals surface area contributed by atoms with Crippen molar-refractivity contribution in [1.82, 2.24) is 9.97 Å². The Balaban J connectivity index is 1.29. The summed E-state index contributed by atoms with van der Waals surface area (Å²) < 4.78 is 2.04. The van der Waals surface area contributed by atoms with Crippen LogP contribution in [0.5, 0.6) is 11.5 Å². The summed E-state index contributed by atoms with van der Waals surface area (Å²) in [5.41, 5.74) is 3.69. The number of aromatic nitrogens is 2. The molecule has 10 heteroatoms. The van der Waals surface area contributed by atoms with Crippen molar-refractivity contribution in [2.75, 3.05) is 0 Å². The van der Waals surface area contributed by atoms with Crippen LogP contribution < -0.4 is 0 Å². The Morgan fingerprint density at radius 3 is 1.46 bits per heavy atom. The van der Waals surface area contributed by atoms with E-state index in [2.05, 4.69) is 44.3 Å². The predicted octanol–water partition coefficient (Wildman–Crippen LogP) is 9.47. The molecule has 2 aromatic heterocycles. The van der Waals surface area contributed by atoms with Crippen molar-refractivity contribution in [3.8, 4) is 11.5 Å². The molecule has 39 heavy (non-hydrogen) atoms. The van der Waals surface area contributed by atoms with E-state index in [9.17, 15) is 10.2 Å². The first-order chi connectivity index (χ1) is 18.9. The molecular weight excluding hydrogens is 528 g/mol. The monoisotopic (exact) mass is 550 g/mol. The maximum atomic E-state index is 10.5. The van der Waals surface area contributed by atoms with Gasteiger partial charge in [-0.05, 0) is 59.7 Å². The van der Waals surface area contributed by atoms with Crippen molar-refractivity contribution in [3.63, 3.8) is 0 Å². The van der Waals surface area contributed by atoms with Crippen LogP contribution in [-0.4, -0.2) is 20.2 Å². The molecule has 0 saturated carbocycles. The van der Waals surface area contributed by atoms with Crippen LogP contribution in [0.25, 0.3) is 20.4 Å². The number of benzene rings is 4. The van der Waals surface area contributed by atoms with Crippen LogP contribution in [0, 0.1) is 0 Å². The van der Waals surface area contributed by atoms with E-state index in [1.807, 2.05) is 60.7 Å². The SMILES string of the molecule is CC(C)(c1ccc(O)c(N=Nc2nc3ccccc3s2)c1)c1ccc(O)c(N=Nc2nc3ccccc3s2)c1. The number of para-hydroxylation sites is 2. The normalized spacial score (nSPS) is 12.4. The molecule has 0 unspecified atom stereocenters. The van der Waals surface area contributed by atoms with E-state index in [0.717, 1.165) is 31.6 Å². The Hall–Kier alpha value is -4.54. The van der Waals surface area contributed by atoms with Crippen molar-refractivity contribution in [2.24, 2.45) is 20.5 Å². The average molecular weight is 551 g/mol. The van der Waals surface area contributed by atoms with Gasteiger partial charge in [-0.15, -0.1) is 20.5 Å². The predicted molar refractivity (Wildman–Crippen MR) is 156 cm³/mol. The third kappa shape index (κ3) is 4.99. The Labute approximate surface area is 231 Å². The lowest BCUT2D eigenvalue weighted by atomic mass is 9.78. The number of thiazole rings is 2. The molecule has 0 spiro atoms. The zero-order chi connectivity index (χ0) is 27.0. The minimum atomic E-state index is -0.512. The molecular formula is C29H22N6O2S2. The van der Waals surface area contributed by atoms with E-state index >= 15 is 0 Å². The minimum Gasteiger partial charge on any atom is -0.506 e. The zero-order valence-corrected chi connectivity index (χ0v) is 22.6. The van der Waals surface area contributed by atoms with Gasteiger partial charge in [0.05, 0.1) is 20.4 Å². The van der Waals surface area contributed by atoms with E-state index in [4.69, 9.17) is 0 Å². The number of hydrogen-bond acceptors (Lipinski definition) is 10. The highest BCUT2D eigenvalue weighted by molar-refractivity contribution is 7.22. The molecule has 192 valence electrons. The second kappa shape index (κ2) is 9.97. The summed E-state index contributed by atoms with van der Waals surface area (Å²) in [6, 6.07) is 26.1. The van der Waals surface area contributed by atoms with E-state index in [1.54, 1.807) is 24.3 Å². The number of phenols is 2. The summed E-state index contributed by atoms with van der Waals surface area (Å²) in [7, 11) is 0. The fourth-order valence-electron chi connectivity index (χ4n) is 4.15. The second-order valence-electron chi connectivity index (χ2n) is 9.36. The standard InChI is InChI=1S/C29H22N6O2S2/c1-29(2,17-11-13-23(36)21(15-17)32-34-27-30-19-7-3-5-9-25(19)38-27)18-12-14-24(37)22(16-18)33-35-28-31-20-8-4-6-10-26(20)39-28/h3-16,36-37H,1-2H3. The van der Waals surface area contributed by atoms with Gasteiger partial charge in [0.1, 0.15) is 22.9 Å². The molecule has 0 aliphatic heterocycles. The van der Waals surface area contributed by atoms with Crippen LogP contribution in [0.4, 0.5) is 21.6 Å². The molecule has 0 amide bonds. The first kappa shape index (κ1) is 24.8. The van der Waals surface area contributed by atoms with Crippen LogP contribution in [-0.2, 0) is 5.41 Å². The van der Waals surface area contributed by atoms with Gasteiger partial charge in [-0.2, -0.15) is 0 Å². The van der Waals surface area contributed by atoms with Crippen molar-refractivity contribution >= 4 is 64.7 Å². The fourth-order valence-corrected chi connectivity index (χ4v) is 5.72. The minimum absolute atomic E-state index is 0.0236. The largest absolute Gasteiger partial charge is 0.506 e. The maximum Gasteiger partial charge on any atom is 0.231 e. The molecule has 0 saturated heterocycles. The van der Waals surface area contributed by atoms with Gasteiger partial charge in [0.25, 0.3) is 0 Å². The first-order valence-corrected chi connectivity index (χ1v) is 13.7. The zero-order valence-electron chi connectivity index (χ0n) is 21.0. The quantitative estimate of drug-likeness (QED) is 0.201. The maximum absolute atomic E-state index is 10.5. The van der Waals surface area contributed by atoms with Crippen molar-refractivity contribution in [3.05, 3.63) is 96.1 Å². The van der Waals surface area contributed by atoms with Crippen molar-refractivity contribution in [2.45, 2.75) is 19.3 Å². The van der Waals surface area contributed by atoms with E-state index < -0.39 is 5.41 Å². The number of azo groups is 2. The third-order valence-corrected chi connectivity index (χ3v) is 8.29. The lowest BCUT2D eigenvalue weighted by Crippen LogP contribution is -2.18. The number of hydrogen-bond donors (Lipinski definition) is 2. The van der Waals surface area contributed by atoms with Gasteiger partial charge >= 0.3 is 0 Å². The first-order valence-electron chi connectivity index (χ1n) is 12.1. The van der Waals surface area contributed by atoms with Crippen LogP contribution in [0.1, 0.15) is 25.0 Å². The van der Waals surface area contributed by atoms with Gasteiger partial charge in [-0.3, -0.25) is 0 Å². The van der Waals surface area contributed by atoms with Crippen LogP contribution >= 0.6 is 22.7 Å². The third-order valence-electron chi connectivity index (χ3n) is 6.45. The lowest BCUT2D eigenvalue weighted by molar-refractivity contribution is 0.475. The van der Waals surface area contributed by atoms with Gasteiger partial charge in [0.2, 0.25) is 10.3 Å². The van der Waals surface area contributed by atoms with Gasteiger partial charge in [-0.25, -0.2) is 9.97 Å². The molecule has 0 aliphatic carbocycles. The highest BCUT2D eigenvalue weighted by Gasteiger charge is 2.25. The number of nitrogens with zero attached hydrogens (tertiary/aromatic N) is 6. The van der Waals surface area contributed by atoms with Gasteiger partial charge in [0, 0.05) is 5.41 Å². The Morgan fingerprint density at radius 2 is 1.03 bits per heavy atom. The summed E-state index contributed by atoms with van der Waals surface area (Å²) >= 11 is 2.87. The summed E-state index contributed by atoms with van der Waals surface area (Å²) in [6.45, 7) is 4.10. The van der Waals surface area contributed by atoms with Crippen LogP contribution in [0.3, 0.4) is 0 Å². The molecule has 0 atom stereocenters. The van der Waals surface area contributed by atoms with Gasteiger partial charge < -0.3 is 10.2 Å². The smallest absolute Gasteiger partial charge is 0.231 e. The summed E-state index contributed by atoms with van der Waals surface area (Å²) in [4.78, 5) is 8.95. The highest BCUT2D eigenvalue weighted by Crippen LogP contribution is 2.41. The molecule has 2 N–H and O–H groups in total. The van der Waals surface area contributed by atoms with E-state index in [-0.39, 0.29) is 11.5 Å². The number of aromatic hydroxyl groups is 2. The number of fused-ring (bicyclic) bond motifs is 2. The van der Waals surface area contributed by atoms with E-state index in [1.165, 1.54) is 22.7 Å². The van der Waals surface area contributed by atoms with Gasteiger partial charge in [-0.1, -0.05) is 72.9 Å². The Bertz CT molecular complexity index is 1690. The Kier molecular flexibility index (Phi) is 6.34. The van der Waals surface area contributed by atoms with Crippen LogP contribution in [0.2, 0.25) is 0 Å². The average Bonchev–Trinajstić information content (AvgIpc) is 3.55. The molecule has 2 heterocycles. The summed E-state index contributed by atoms with van der Waals surface area (Å²) in [5, 5.41) is 39.1. The summed E-state index contributed by atoms with van der Waals surface area (Å²) in [6.07, 6.45) is 0. The molecule has 8 nitrogen and oxygen atoms in total. The lowest BCUT2D eigenvalue weighted by Gasteiger charge is -2.26. The Morgan fingerprint density at radius 1 is 0.590 bits per heavy atom. The van der Waals surface area contributed by atoms with E-state index in [0.29, 0.717) is 21.6 Å². The molecule has 0 radical (unpaired) electrons. The van der Waals surface area contributed by atoms with Crippen LogP contribution in [0.15, 0.2) is 105 Å². The molecule has 6 aromatic rings. The number of rotatable bonds is 6. The summed E-state index contributed by atoms with van der Waals surface area (Å²) in [5.74, 6) is 0.0471. The highest BCUT2D eigenvalue weighted by atomic mass is 32.1. The second-order valence-corrected chi connectivity index (χ2v) is 11.4. The van der Waals surface area contributed by atoms with Gasteiger partial charge in [0.15, 0.2) is 0 Å². The molecule has 0 aliphatic rings. The van der Waals surface area contributed by atoms with Crippen molar-refractivity contribution < 1.29 is 10.2 Å². The molecule has 4 aromatic carbocycles. The van der Waals surface area contributed by atoms with Crippen molar-refractivity contribution in [1.29, 1.82) is 0 Å². The molecule has 0 fully saturated rings.